The number of phenolic OH excluding ortho intramolecular Hbond substituents is 1. The number of alkyl halides is 1. The summed E-state index contributed by atoms with van der Waals surface area (Å²) in [6.45, 7) is 0.544. The highest BCUT2D eigenvalue weighted by molar-refractivity contribution is 6.17. The third-order valence-electron chi connectivity index (χ3n) is 2.31. The lowest BCUT2D eigenvalue weighted by molar-refractivity contribution is 0.0950. The molecule has 5 heteroatoms. The SMILES string of the molecule is COc1cccc(C(=O)NCCCCCl)c1O. The van der Waals surface area contributed by atoms with Crippen molar-refractivity contribution in [3.63, 3.8) is 0 Å². The van der Waals surface area contributed by atoms with Gasteiger partial charge in [0.25, 0.3) is 5.91 Å². The Bertz CT molecular complexity index is 382. The molecule has 94 valence electrons. The fourth-order valence-corrected chi connectivity index (χ4v) is 1.58. The molecule has 4 nitrogen and oxygen atoms in total. The molecule has 2 N–H and O–H groups in total. The Morgan fingerprint density at radius 2 is 2.24 bits per heavy atom. The second-order valence-corrected chi connectivity index (χ2v) is 3.89. The molecule has 0 spiro atoms. The predicted molar refractivity (Wildman–Crippen MR) is 66.9 cm³/mol. The second-order valence-electron chi connectivity index (χ2n) is 3.51. The van der Waals surface area contributed by atoms with Gasteiger partial charge in [-0.25, -0.2) is 0 Å². The van der Waals surface area contributed by atoms with E-state index < -0.39 is 0 Å². The average Bonchev–Trinajstić information content (AvgIpc) is 2.34. The molecule has 1 aromatic rings. The van der Waals surface area contributed by atoms with Gasteiger partial charge in [-0.1, -0.05) is 6.07 Å². The number of para-hydroxylation sites is 1. The average molecular weight is 258 g/mol. The van der Waals surface area contributed by atoms with E-state index in [1.165, 1.54) is 7.11 Å². The lowest BCUT2D eigenvalue weighted by Crippen LogP contribution is -2.24. The van der Waals surface area contributed by atoms with E-state index in [2.05, 4.69) is 5.32 Å². The highest BCUT2D eigenvalue weighted by atomic mass is 35.5. The van der Waals surface area contributed by atoms with Crippen LogP contribution in [0.2, 0.25) is 0 Å². The normalized spacial score (nSPS) is 10.0. The Morgan fingerprint density at radius 1 is 1.47 bits per heavy atom. The number of carbonyl (C=O) groups is 1. The molecule has 0 atom stereocenters. The van der Waals surface area contributed by atoms with Gasteiger partial charge in [-0.2, -0.15) is 0 Å². The number of carbonyl (C=O) groups excluding carboxylic acids is 1. The largest absolute Gasteiger partial charge is 0.504 e. The van der Waals surface area contributed by atoms with Crippen LogP contribution in [0.3, 0.4) is 0 Å². The van der Waals surface area contributed by atoms with Crippen molar-refractivity contribution in [3.8, 4) is 11.5 Å². The Morgan fingerprint density at radius 3 is 2.88 bits per heavy atom. The zero-order chi connectivity index (χ0) is 12.7. The topological polar surface area (TPSA) is 58.6 Å². The number of methoxy groups -OCH3 is 1. The quantitative estimate of drug-likeness (QED) is 0.606. The summed E-state index contributed by atoms with van der Waals surface area (Å²) in [6.07, 6.45) is 1.67. The van der Waals surface area contributed by atoms with Gasteiger partial charge in [0.1, 0.15) is 0 Å². The predicted octanol–water partition coefficient (Wildman–Crippen LogP) is 2.15. The minimum Gasteiger partial charge on any atom is -0.504 e. The maximum Gasteiger partial charge on any atom is 0.255 e. The zero-order valence-electron chi connectivity index (χ0n) is 9.70. The van der Waals surface area contributed by atoms with Crippen molar-refractivity contribution in [1.29, 1.82) is 0 Å². The van der Waals surface area contributed by atoms with Gasteiger partial charge < -0.3 is 15.2 Å². The van der Waals surface area contributed by atoms with E-state index in [0.29, 0.717) is 18.2 Å². The van der Waals surface area contributed by atoms with Crippen molar-refractivity contribution < 1.29 is 14.6 Å². The van der Waals surface area contributed by atoms with Crippen LogP contribution in [0.15, 0.2) is 18.2 Å². The first-order valence-electron chi connectivity index (χ1n) is 5.40. The Hall–Kier alpha value is -1.42. The number of amides is 1. The maximum atomic E-state index is 11.7. The van der Waals surface area contributed by atoms with Gasteiger partial charge in [-0.3, -0.25) is 4.79 Å². The Labute approximate surface area is 106 Å². The standard InChI is InChI=1S/C12H16ClNO3/c1-17-10-6-4-5-9(11(10)15)12(16)14-8-3-2-7-13/h4-6,15H,2-3,7-8H2,1H3,(H,14,16). The van der Waals surface area contributed by atoms with E-state index in [9.17, 15) is 9.90 Å². The minimum atomic E-state index is -0.309. The van der Waals surface area contributed by atoms with Gasteiger partial charge >= 0.3 is 0 Å². The molecule has 0 aliphatic carbocycles. The molecule has 1 rings (SSSR count). The molecule has 0 aromatic heterocycles. The summed E-state index contributed by atoms with van der Waals surface area (Å²) in [5.41, 5.74) is 0.218. The van der Waals surface area contributed by atoms with Crippen LogP contribution in [0.4, 0.5) is 0 Å². The highest BCUT2D eigenvalue weighted by Gasteiger charge is 2.13. The van der Waals surface area contributed by atoms with Crippen LogP contribution in [0, 0.1) is 0 Å². The third-order valence-corrected chi connectivity index (χ3v) is 2.58. The molecule has 0 radical (unpaired) electrons. The summed E-state index contributed by atoms with van der Waals surface area (Å²) in [7, 11) is 1.44. The lowest BCUT2D eigenvalue weighted by atomic mass is 10.1. The maximum absolute atomic E-state index is 11.7. The Kier molecular flexibility index (Phi) is 5.63. The van der Waals surface area contributed by atoms with Crippen molar-refractivity contribution in [2.75, 3.05) is 19.5 Å². The van der Waals surface area contributed by atoms with Gasteiger partial charge in [-0.05, 0) is 25.0 Å². The molecule has 17 heavy (non-hydrogen) atoms. The van der Waals surface area contributed by atoms with Crippen molar-refractivity contribution in [3.05, 3.63) is 23.8 Å². The molecule has 0 aliphatic heterocycles. The number of ether oxygens (including phenoxy) is 1. The third kappa shape index (κ3) is 3.82. The van der Waals surface area contributed by atoms with Gasteiger partial charge in [0.2, 0.25) is 0 Å². The molecule has 0 bridgehead atoms. The first-order valence-corrected chi connectivity index (χ1v) is 5.94. The molecule has 0 saturated heterocycles. The van der Waals surface area contributed by atoms with Crippen LogP contribution in [0.25, 0.3) is 0 Å². The van der Waals surface area contributed by atoms with Crippen molar-refractivity contribution >= 4 is 17.5 Å². The number of hydrogen-bond donors (Lipinski definition) is 2. The molecule has 0 aliphatic rings. The highest BCUT2D eigenvalue weighted by Crippen LogP contribution is 2.29. The summed E-state index contributed by atoms with van der Waals surface area (Å²) in [6, 6.07) is 4.81. The van der Waals surface area contributed by atoms with Crippen molar-refractivity contribution in [1.82, 2.24) is 5.32 Å². The van der Waals surface area contributed by atoms with Gasteiger partial charge in [0.15, 0.2) is 11.5 Å². The number of nitrogens with one attached hydrogen (secondary N) is 1. The molecule has 0 heterocycles. The van der Waals surface area contributed by atoms with E-state index in [-0.39, 0.29) is 17.2 Å². The van der Waals surface area contributed by atoms with E-state index in [1.54, 1.807) is 18.2 Å². The number of hydrogen-bond acceptors (Lipinski definition) is 3. The molecule has 0 unspecified atom stereocenters. The fraction of sp³-hybridized carbons (Fsp3) is 0.417. The Balaban J connectivity index is 2.62. The van der Waals surface area contributed by atoms with Crippen molar-refractivity contribution in [2.45, 2.75) is 12.8 Å². The first kappa shape index (κ1) is 13.6. The van der Waals surface area contributed by atoms with Crippen LogP contribution in [0.1, 0.15) is 23.2 Å². The van der Waals surface area contributed by atoms with Crippen LogP contribution < -0.4 is 10.1 Å². The number of unbranched alkanes of at least 4 members (excludes halogenated alkanes) is 1. The van der Waals surface area contributed by atoms with E-state index in [4.69, 9.17) is 16.3 Å². The van der Waals surface area contributed by atoms with Gasteiger partial charge in [0.05, 0.1) is 12.7 Å². The summed E-state index contributed by atoms with van der Waals surface area (Å²) in [4.78, 5) is 11.7. The monoisotopic (exact) mass is 257 g/mol. The van der Waals surface area contributed by atoms with Crippen molar-refractivity contribution in [2.24, 2.45) is 0 Å². The van der Waals surface area contributed by atoms with Gasteiger partial charge in [-0.15, -0.1) is 11.6 Å². The second kappa shape index (κ2) is 7.01. The molecule has 0 saturated carbocycles. The van der Waals surface area contributed by atoms with E-state index in [0.717, 1.165) is 12.8 Å². The first-order chi connectivity index (χ1) is 8.20. The van der Waals surface area contributed by atoms with E-state index in [1.807, 2.05) is 0 Å². The van der Waals surface area contributed by atoms with Crippen LogP contribution in [0.5, 0.6) is 11.5 Å². The summed E-state index contributed by atoms with van der Waals surface area (Å²) < 4.78 is 4.93. The smallest absolute Gasteiger partial charge is 0.255 e. The molecule has 1 amide bonds. The number of phenols is 1. The van der Waals surface area contributed by atoms with Crippen LogP contribution >= 0.6 is 11.6 Å². The van der Waals surface area contributed by atoms with Crippen LogP contribution in [-0.2, 0) is 0 Å². The number of benzene rings is 1. The number of aromatic hydroxyl groups is 1. The van der Waals surface area contributed by atoms with Gasteiger partial charge in [0, 0.05) is 12.4 Å². The molecule has 0 fully saturated rings. The summed E-state index contributed by atoms with van der Waals surface area (Å²) >= 11 is 5.53. The molecular weight excluding hydrogens is 242 g/mol. The fourth-order valence-electron chi connectivity index (χ4n) is 1.39. The zero-order valence-corrected chi connectivity index (χ0v) is 10.5. The summed E-state index contributed by atoms with van der Waals surface area (Å²) in [5.74, 6) is 0.430. The summed E-state index contributed by atoms with van der Waals surface area (Å²) in [5, 5.41) is 12.5. The number of halogens is 1. The lowest BCUT2D eigenvalue weighted by Gasteiger charge is -2.09. The van der Waals surface area contributed by atoms with E-state index >= 15 is 0 Å². The molecular formula is C12H16ClNO3. The number of rotatable bonds is 6. The van der Waals surface area contributed by atoms with Crippen LogP contribution in [-0.4, -0.2) is 30.5 Å². The molecule has 1 aromatic carbocycles. The minimum absolute atomic E-state index is 0.134.